The van der Waals surface area contributed by atoms with E-state index in [0.717, 1.165) is 5.56 Å². The maximum Gasteiger partial charge on any atom is 0.262 e. The van der Waals surface area contributed by atoms with E-state index >= 15 is 0 Å². The van der Waals surface area contributed by atoms with E-state index in [4.69, 9.17) is 11.6 Å². The van der Waals surface area contributed by atoms with Gasteiger partial charge >= 0.3 is 0 Å². The van der Waals surface area contributed by atoms with Crippen LogP contribution in [0.5, 0.6) is 0 Å². The van der Waals surface area contributed by atoms with E-state index in [9.17, 15) is 18.4 Å². The first-order valence-electron chi connectivity index (χ1n) is 7.70. The first kappa shape index (κ1) is 20.4. The molecule has 5 nitrogen and oxygen atoms in total. The summed E-state index contributed by atoms with van der Waals surface area (Å²) < 4.78 is 27.8. The fourth-order valence-corrected chi connectivity index (χ4v) is 2.86. The van der Waals surface area contributed by atoms with E-state index in [1.807, 2.05) is 6.07 Å². The van der Waals surface area contributed by atoms with Gasteiger partial charge in [-0.1, -0.05) is 29.8 Å². The molecule has 1 fully saturated rings. The standard InChI is InChI=1S/C17H16ClF2N3O2.ClH/c18-13-4-2-1-3-11(13)8-23-9-12(5-6-15(23)24)22-16(25)14-7-17(19,20)10-21-14;/h1-6,9,14,21H,7-8,10H2,(H,22,25);1H. The van der Waals surface area contributed by atoms with Crippen LogP contribution in [0.4, 0.5) is 14.5 Å². The Morgan fingerprint density at radius 2 is 2.04 bits per heavy atom. The molecule has 1 aromatic carbocycles. The molecular formula is C17H17Cl2F2N3O2. The van der Waals surface area contributed by atoms with Crippen molar-refractivity contribution in [3.05, 3.63) is 63.5 Å². The summed E-state index contributed by atoms with van der Waals surface area (Å²) in [6.45, 7) is -0.279. The van der Waals surface area contributed by atoms with Gasteiger partial charge in [0.05, 0.1) is 24.8 Å². The average molecular weight is 404 g/mol. The van der Waals surface area contributed by atoms with Gasteiger partial charge in [-0.25, -0.2) is 8.78 Å². The van der Waals surface area contributed by atoms with Crippen LogP contribution in [-0.2, 0) is 11.3 Å². The second-order valence-electron chi connectivity index (χ2n) is 5.96. The minimum absolute atomic E-state index is 0. The predicted molar refractivity (Wildman–Crippen MR) is 98.5 cm³/mol. The molecule has 1 saturated heterocycles. The molecule has 0 aliphatic carbocycles. The molecule has 2 heterocycles. The zero-order valence-electron chi connectivity index (χ0n) is 13.5. The molecule has 1 amide bonds. The van der Waals surface area contributed by atoms with Crippen molar-refractivity contribution in [2.24, 2.45) is 0 Å². The highest BCUT2D eigenvalue weighted by molar-refractivity contribution is 6.31. The van der Waals surface area contributed by atoms with Crippen LogP contribution in [-0.4, -0.2) is 29.0 Å². The monoisotopic (exact) mass is 403 g/mol. The van der Waals surface area contributed by atoms with Gasteiger partial charge in [0.25, 0.3) is 11.5 Å². The Labute approximate surface area is 159 Å². The number of halogens is 4. The number of nitrogens with one attached hydrogen (secondary N) is 2. The fraction of sp³-hybridized carbons (Fsp3) is 0.294. The Morgan fingerprint density at radius 1 is 1.31 bits per heavy atom. The summed E-state index contributed by atoms with van der Waals surface area (Å²) in [5, 5.41) is 5.58. The first-order valence-corrected chi connectivity index (χ1v) is 8.08. The zero-order chi connectivity index (χ0) is 18.0. The molecule has 1 aromatic heterocycles. The number of aromatic nitrogens is 1. The van der Waals surface area contributed by atoms with Crippen LogP contribution < -0.4 is 16.2 Å². The molecular weight excluding hydrogens is 387 g/mol. The number of anilines is 1. The molecule has 0 spiro atoms. The van der Waals surface area contributed by atoms with Crippen LogP contribution in [0.3, 0.4) is 0 Å². The van der Waals surface area contributed by atoms with Crippen molar-refractivity contribution >= 4 is 35.6 Å². The van der Waals surface area contributed by atoms with Crippen molar-refractivity contribution in [2.45, 2.75) is 24.9 Å². The molecule has 1 aliphatic rings. The van der Waals surface area contributed by atoms with Crippen molar-refractivity contribution in [2.75, 3.05) is 11.9 Å². The van der Waals surface area contributed by atoms with Gasteiger partial charge in [0.1, 0.15) is 0 Å². The van der Waals surface area contributed by atoms with E-state index < -0.39 is 30.8 Å². The fourth-order valence-electron chi connectivity index (χ4n) is 2.67. The smallest absolute Gasteiger partial charge is 0.262 e. The molecule has 1 atom stereocenters. The second kappa shape index (κ2) is 8.16. The number of alkyl halides is 2. The molecule has 0 saturated carbocycles. The Morgan fingerprint density at radius 3 is 2.69 bits per heavy atom. The van der Waals surface area contributed by atoms with E-state index in [0.29, 0.717) is 10.7 Å². The Bertz CT molecular complexity index is 858. The lowest BCUT2D eigenvalue weighted by atomic mass is 10.2. The molecule has 26 heavy (non-hydrogen) atoms. The van der Waals surface area contributed by atoms with E-state index in [-0.39, 0.29) is 24.5 Å². The van der Waals surface area contributed by atoms with Gasteiger partial charge < -0.3 is 9.88 Å². The number of carbonyl (C=O) groups is 1. The highest BCUT2D eigenvalue weighted by Gasteiger charge is 2.42. The van der Waals surface area contributed by atoms with Crippen molar-refractivity contribution in [1.29, 1.82) is 0 Å². The lowest BCUT2D eigenvalue weighted by molar-refractivity contribution is -0.118. The highest BCUT2D eigenvalue weighted by atomic mass is 35.5. The van der Waals surface area contributed by atoms with Gasteiger partial charge in [-0.05, 0) is 17.7 Å². The molecule has 2 aromatic rings. The van der Waals surface area contributed by atoms with Crippen molar-refractivity contribution in [3.8, 4) is 0 Å². The number of hydrogen-bond donors (Lipinski definition) is 2. The SMILES string of the molecule is Cl.O=C(Nc1ccc(=O)n(Cc2ccccc2Cl)c1)C1CC(F)(F)CN1. The highest BCUT2D eigenvalue weighted by Crippen LogP contribution is 2.25. The maximum atomic E-state index is 13.2. The van der Waals surface area contributed by atoms with Gasteiger partial charge in [0.2, 0.25) is 5.91 Å². The largest absolute Gasteiger partial charge is 0.323 e. The van der Waals surface area contributed by atoms with E-state index in [1.165, 1.54) is 22.9 Å². The van der Waals surface area contributed by atoms with Crippen molar-refractivity contribution < 1.29 is 13.6 Å². The van der Waals surface area contributed by atoms with E-state index in [2.05, 4.69) is 10.6 Å². The van der Waals surface area contributed by atoms with Crippen LogP contribution in [0, 0.1) is 0 Å². The topological polar surface area (TPSA) is 63.1 Å². The normalized spacial score (nSPS) is 18.2. The van der Waals surface area contributed by atoms with Gasteiger partial charge in [0.15, 0.2) is 0 Å². The minimum Gasteiger partial charge on any atom is -0.323 e. The summed E-state index contributed by atoms with van der Waals surface area (Å²) >= 11 is 6.10. The third-order valence-electron chi connectivity index (χ3n) is 3.98. The molecule has 3 rings (SSSR count). The number of amides is 1. The number of nitrogens with zero attached hydrogens (tertiary/aromatic N) is 1. The van der Waals surface area contributed by atoms with Gasteiger partial charge in [-0.3, -0.25) is 14.9 Å². The third-order valence-corrected chi connectivity index (χ3v) is 4.34. The molecule has 9 heteroatoms. The number of hydrogen-bond acceptors (Lipinski definition) is 3. The second-order valence-corrected chi connectivity index (χ2v) is 6.37. The van der Waals surface area contributed by atoms with Crippen LogP contribution in [0.25, 0.3) is 0 Å². The summed E-state index contributed by atoms with van der Waals surface area (Å²) in [5.74, 6) is -3.44. The summed E-state index contributed by atoms with van der Waals surface area (Å²) in [4.78, 5) is 24.1. The van der Waals surface area contributed by atoms with Gasteiger partial charge in [-0.15, -0.1) is 12.4 Å². The Hall–Kier alpha value is -1.96. The Kier molecular flexibility index (Phi) is 6.39. The third kappa shape index (κ3) is 4.81. The van der Waals surface area contributed by atoms with Crippen molar-refractivity contribution in [1.82, 2.24) is 9.88 Å². The molecule has 2 N–H and O–H groups in total. The molecule has 1 aliphatic heterocycles. The summed E-state index contributed by atoms with van der Waals surface area (Å²) in [6, 6.07) is 8.90. The number of rotatable bonds is 4. The van der Waals surface area contributed by atoms with Crippen LogP contribution in [0.2, 0.25) is 5.02 Å². The molecule has 0 bridgehead atoms. The summed E-state index contributed by atoms with van der Waals surface area (Å²) in [7, 11) is 0. The molecule has 0 radical (unpaired) electrons. The first-order chi connectivity index (χ1) is 11.8. The lowest BCUT2D eigenvalue weighted by Gasteiger charge is -2.13. The number of pyridine rings is 1. The Balaban J connectivity index is 0.00000243. The zero-order valence-corrected chi connectivity index (χ0v) is 15.1. The van der Waals surface area contributed by atoms with Gasteiger partial charge in [-0.2, -0.15) is 0 Å². The van der Waals surface area contributed by atoms with Crippen LogP contribution in [0.15, 0.2) is 47.4 Å². The predicted octanol–water partition coefficient (Wildman–Crippen LogP) is 2.91. The van der Waals surface area contributed by atoms with E-state index in [1.54, 1.807) is 18.2 Å². The lowest BCUT2D eigenvalue weighted by Crippen LogP contribution is -2.35. The van der Waals surface area contributed by atoms with Crippen molar-refractivity contribution in [3.63, 3.8) is 0 Å². The number of carbonyl (C=O) groups excluding carboxylic acids is 1. The minimum atomic E-state index is -2.88. The summed E-state index contributed by atoms with van der Waals surface area (Å²) in [6.07, 6.45) is 0.925. The van der Waals surface area contributed by atoms with Crippen LogP contribution in [0.1, 0.15) is 12.0 Å². The average Bonchev–Trinajstić information content (AvgIpc) is 2.93. The molecule has 140 valence electrons. The molecule has 1 unspecified atom stereocenters. The number of benzene rings is 1. The quantitative estimate of drug-likeness (QED) is 0.824. The van der Waals surface area contributed by atoms with Crippen LogP contribution >= 0.6 is 24.0 Å². The summed E-state index contributed by atoms with van der Waals surface area (Å²) in [5.41, 5.74) is 0.851. The maximum absolute atomic E-state index is 13.2. The van der Waals surface area contributed by atoms with Gasteiger partial charge in [0, 0.05) is 23.7 Å².